The second kappa shape index (κ2) is 12.7. The highest BCUT2D eigenvalue weighted by atomic mass is 35.5. The van der Waals surface area contributed by atoms with Gasteiger partial charge >= 0.3 is 0 Å². The van der Waals surface area contributed by atoms with E-state index in [4.69, 9.17) is 23.2 Å². The van der Waals surface area contributed by atoms with E-state index in [1.807, 2.05) is 42.5 Å². The van der Waals surface area contributed by atoms with Gasteiger partial charge in [-0.1, -0.05) is 77.8 Å². The van der Waals surface area contributed by atoms with Gasteiger partial charge in [0.05, 0.1) is 16.8 Å². The van der Waals surface area contributed by atoms with E-state index in [0.717, 1.165) is 42.6 Å². The molecule has 5 aliphatic rings. The Morgan fingerprint density at radius 3 is 1.78 bits per heavy atom. The van der Waals surface area contributed by atoms with Crippen molar-refractivity contribution in [3.05, 3.63) is 151 Å². The maximum absolute atomic E-state index is 14.8. The molecule has 0 atom stereocenters. The van der Waals surface area contributed by atoms with Gasteiger partial charge in [-0.2, -0.15) is 0 Å². The number of benzene rings is 6. The normalized spacial score (nSPS) is 17.5. The first-order valence-corrected chi connectivity index (χ1v) is 20.1. The van der Waals surface area contributed by atoms with Crippen LogP contribution in [0.5, 0.6) is 0 Å². The van der Waals surface area contributed by atoms with Crippen molar-refractivity contribution in [1.29, 1.82) is 0 Å². The highest BCUT2D eigenvalue weighted by molar-refractivity contribution is 6.38. The number of Topliss-reactive ketones (excluding diaryl/α,β-unsaturated/α-hetero) is 1. The summed E-state index contributed by atoms with van der Waals surface area (Å²) >= 11 is 12.5. The molecular weight excluding hydrogens is 785 g/mol. The summed E-state index contributed by atoms with van der Waals surface area (Å²) in [5.41, 5.74) is 4.90. The molecule has 0 spiro atoms. The summed E-state index contributed by atoms with van der Waals surface area (Å²) in [5.74, 6) is -2.54. The topological polar surface area (TPSA) is 112 Å². The van der Waals surface area contributed by atoms with Crippen LogP contribution in [0.15, 0.2) is 102 Å². The fraction of sp³-hybridized carbons (Fsp3) is 0.125. The molecule has 6 aromatic rings. The zero-order chi connectivity index (χ0) is 40.6. The third-order valence-electron chi connectivity index (χ3n) is 12.3. The average molecular weight is 815 g/mol. The number of rotatable bonds is 5. The minimum absolute atomic E-state index is 0.167. The summed E-state index contributed by atoms with van der Waals surface area (Å²) in [5, 5.41) is 6.19. The first-order valence-electron chi connectivity index (χ1n) is 19.3. The number of fused-ring (bicyclic) bond motifs is 3. The van der Waals surface area contributed by atoms with Crippen LogP contribution >= 0.6 is 23.2 Å². The molecule has 11 heteroatoms. The first-order chi connectivity index (χ1) is 28.6. The van der Waals surface area contributed by atoms with Crippen molar-refractivity contribution in [2.24, 2.45) is 0 Å². The van der Waals surface area contributed by atoms with Crippen LogP contribution in [0.1, 0.15) is 74.0 Å². The molecule has 3 heterocycles. The Labute approximate surface area is 346 Å². The summed E-state index contributed by atoms with van der Waals surface area (Å²) in [6, 6.07) is 24.6. The first kappa shape index (κ1) is 35.5. The molecule has 0 N–H and O–H groups in total. The molecule has 11 rings (SSSR count). The summed E-state index contributed by atoms with van der Waals surface area (Å²) in [6.07, 6.45) is 4.83. The van der Waals surface area contributed by atoms with E-state index in [-0.39, 0.29) is 41.7 Å². The van der Waals surface area contributed by atoms with Gasteiger partial charge in [0.1, 0.15) is 6.67 Å². The van der Waals surface area contributed by atoms with E-state index in [9.17, 15) is 28.8 Å². The van der Waals surface area contributed by atoms with Gasteiger partial charge in [-0.3, -0.25) is 43.5 Å². The van der Waals surface area contributed by atoms with E-state index in [0.29, 0.717) is 72.9 Å². The average Bonchev–Trinajstić information content (AvgIpc) is 3.38. The van der Waals surface area contributed by atoms with Crippen LogP contribution in [0.25, 0.3) is 55.2 Å². The summed E-state index contributed by atoms with van der Waals surface area (Å²) in [7, 11) is 0. The largest absolute Gasteiger partial charge is 0.294 e. The lowest BCUT2D eigenvalue weighted by molar-refractivity contribution is -0.124. The predicted molar refractivity (Wildman–Crippen MR) is 226 cm³/mol. The van der Waals surface area contributed by atoms with Gasteiger partial charge in [0, 0.05) is 56.2 Å². The van der Waals surface area contributed by atoms with Gasteiger partial charge in [0.15, 0.2) is 5.78 Å². The molecule has 9 nitrogen and oxygen atoms in total. The van der Waals surface area contributed by atoms with E-state index in [1.165, 1.54) is 9.80 Å². The Morgan fingerprint density at radius 1 is 0.525 bits per heavy atom. The minimum atomic E-state index is -0.585. The van der Waals surface area contributed by atoms with Crippen LogP contribution in [-0.4, -0.2) is 63.2 Å². The molecule has 0 radical (unpaired) electrons. The lowest BCUT2D eigenvalue weighted by Crippen LogP contribution is -2.47. The van der Waals surface area contributed by atoms with E-state index < -0.39 is 24.4 Å². The SMILES string of the molecule is CCN1C(=O)C2=CCC=c3c4ccc5c6c(ccc(c7ccc(c2c37)C1=O)c64)C(=O)N(CN1C(=O)C2=C(c3ccc(Cl)cc3)CCC(=O)C2=C1c1ccc(Cl)cc1)C5=O. The molecule has 3 aliphatic heterocycles. The molecule has 286 valence electrons. The third-order valence-corrected chi connectivity index (χ3v) is 12.8. The van der Waals surface area contributed by atoms with Gasteiger partial charge < -0.3 is 0 Å². The number of hydrogen-bond acceptors (Lipinski definition) is 6. The lowest BCUT2D eigenvalue weighted by Gasteiger charge is -2.32. The third kappa shape index (κ3) is 4.80. The maximum Gasteiger partial charge on any atom is 0.262 e. The molecule has 0 unspecified atom stereocenters. The van der Waals surface area contributed by atoms with Gasteiger partial charge in [-0.25, -0.2) is 0 Å². The quantitative estimate of drug-likeness (QED) is 0.0983. The zero-order valence-electron chi connectivity index (χ0n) is 31.3. The number of hydrogen-bond donors (Lipinski definition) is 0. The molecule has 0 aromatic heterocycles. The van der Waals surface area contributed by atoms with Gasteiger partial charge in [-0.05, 0) is 111 Å². The number of halogens is 2. The molecule has 0 saturated carbocycles. The zero-order valence-corrected chi connectivity index (χ0v) is 32.8. The Morgan fingerprint density at radius 2 is 1.12 bits per heavy atom. The van der Waals surface area contributed by atoms with Crippen LogP contribution in [0.2, 0.25) is 10.0 Å². The molecule has 59 heavy (non-hydrogen) atoms. The predicted octanol–water partition coefficient (Wildman–Crippen LogP) is 8.37. The Hall–Kier alpha value is -6.68. The number of allylic oxidation sites excluding steroid dienone is 2. The summed E-state index contributed by atoms with van der Waals surface area (Å²) in [6.45, 7) is 1.59. The fourth-order valence-corrected chi connectivity index (χ4v) is 10.00. The van der Waals surface area contributed by atoms with Crippen molar-refractivity contribution in [2.45, 2.75) is 26.2 Å². The smallest absolute Gasteiger partial charge is 0.262 e. The van der Waals surface area contributed by atoms with Crippen molar-refractivity contribution in [2.75, 3.05) is 13.2 Å². The molecular formula is C48H29Cl2N3O6. The Kier molecular flexibility index (Phi) is 7.61. The molecule has 6 aromatic carbocycles. The van der Waals surface area contributed by atoms with Gasteiger partial charge in [-0.15, -0.1) is 0 Å². The van der Waals surface area contributed by atoms with Crippen LogP contribution in [0.4, 0.5) is 0 Å². The van der Waals surface area contributed by atoms with Crippen molar-refractivity contribution in [3.8, 4) is 0 Å². The molecule has 5 amide bonds. The van der Waals surface area contributed by atoms with Gasteiger partial charge in [0.2, 0.25) is 0 Å². The number of nitrogens with zero attached hydrogens (tertiary/aromatic N) is 3. The van der Waals surface area contributed by atoms with Crippen molar-refractivity contribution < 1.29 is 28.8 Å². The molecule has 0 saturated heterocycles. The number of likely N-dealkylation sites (N-methyl/N-ethyl adjacent to an activating group) is 1. The van der Waals surface area contributed by atoms with E-state index >= 15 is 0 Å². The van der Waals surface area contributed by atoms with Crippen molar-refractivity contribution >= 4 is 114 Å². The standard InChI is InChI=1S/C48H29Cl2N3O6/c1-2-51-44(55)32-5-3-4-28-29-14-18-34-40-35(19-16-31(38(29)40)30-15-17-33(45(51)56)39(32)37(28)30)47(58)53(46(34)57)22-52-43(24-8-12-26(50)13-9-24)42-36(54)21-20-27(41(42)48(52)59)23-6-10-25(49)11-7-23/h4-19H,2-3,20-22H2,1H3. The molecule has 0 bridgehead atoms. The number of carbonyl (C=O) groups is 6. The number of amides is 5. The minimum Gasteiger partial charge on any atom is -0.294 e. The van der Waals surface area contributed by atoms with Crippen molar-refractivity contribution in [3.63, 3.8) is 0 Å². The number of carbonyl (C=O) groups excluding carboxylic acids is 6. The summed E-state index contributed by atoms with van der Waals surface area (Å²) in [4.78, 5) is 89.0. The second-order valence-corrected chi connectivity index (χ2v) is 16.1. The monoisotopic (exact) mass is 813 g/mol. The summed E-state index contributed by atoms with van der Waals surface area (Å²) < 4.78 is 0. The van der Waals surface area contributed by atoms with Crippen LogP contribution < -0.4 is 5.22 Å². The second-order valence-electron chi connectivity index (χ2n) is 15.2. The number of ketones is 1. The fourth-order valence-electron chi connectivity index (χ4n) is 9.75. The van der Waals surface area contributed by atoms with Crippen LogP contribution in [0, 0.1) is 0 Å². The van der Waals surface area contributed by atoms with Crippen LogP contribution in [-0.2, 0) is 14.4 Å². The molecule has 0 fully saturated rings. The molecule has 2 aliphatic carbocycles. The highest BCUT2D eigenvalue weighted by Gasteiger charge is 2.46. The van der Waals surface area contributed by atoms with Crippen molar-refractivity contribution in [1.82, 2.24) is 14.7 Å². The highest BCUT2D eigenvalue weighted by Crippen LogP contribution is 2.47. The maximum atomic E-state index is 14.8. The Bertz CT molecular complexity index is 3210. The van der Waals surface area contributed by atoms with E-state index in [1.54, 1.807) is 61.5 Å². The Balaban J connectivity index is 1.07. The van der Waals surface area contributed by atoms with Crippen LogP contribution in [0.3, 0.4) is 0 Å². The lowest BCUT2D eigenvalue weighted by atomic mass is 9.82. The number of imide groups is 2. The van der Waals surface area contributed by atoms with Gasteiger partial charge in [0.25, 0.3) is 29.5 Å². The van der Waals surface area contributed by atoms with E-state index in [2.05, 4.69) is 0 Å².